The lowest BCUT2D eigenvalue weighted by molar-refractivity contribution is -0.108. The van der Waals surface area contributed by atoms with Gasteiger partial charge in [-0.05, 0) is 52.8 Å². The van der Waals surface area contributed by atoms with Crippen molar-refractivity contribution in [3.05, 3.63) is 41.1 Å². The van der Waals surface area contributed by atoms with Crippen molar-refractivity contribution in [1.82, 2.24) is 29.7 Å². The summed E-state index contributed by atoms with van der Waals surface area (Å²) < 4.78 is 3.49. The normalized spacial score (nSPS) is 13.9. The van der Waals surface area contributed by atoms with E-state index in [1.807, 2.05) is 46.0 Å². The maximum Gasteiger partial charge on any atom is 0.212 e. The summed E-state index contributed by atoms with van der Waals surface area (Å²) in [4.78, 5) is 27.6. The van der Waals surface area contributed by atoms with Crippen LogP contribution >= 0.6 is 0 Å². The highest BCUT2D eigenvalue weighted by Crippen LogP contribution is 2.29. The first-order chi connectivity index (χ1) is 15.4. The molecule has 0 unspecified atom stereocenters. The van der Waals surface area contributed by atoms with Crippen molar-refractivity contribution < 1.29 is 4.79 Å². The minimum absolute atomic E-state index is 0.337. The Hall–Kier alpha value is -3.82. The fraction of sp³-hybridized carbons (Fsp3) is 0.364. The van der Waals surface area contributed by atoms with Crippen LogP contribution in [0.1, 0.15) is 36.8 Å². The van der Waals surface area contributed by atoms with Gasteiger partial charge in [0.25, 0.3) is 0 Å². The van der Waals surface area contributed by atoms with Crippen LogP contribution in [0.2, 0.25) is 0 Å². The summed E-state index contributed by atoms with van der Waals surface area (Å²) in [6.45, 7) is 11.8. The van der Waals surface area contributed by atoms with Gasteiger partial charge in [-0.2, -0.15) is 5.10 Å². The minimum atomic E-state index is 0.337. The highest BCUT2D eigenvalue weighted by atomic mass is 16.1. The Labute approximate surface area is 186 Å². The average Bonchev–Trinajstić information content (AvgIpc) is 3.36. The fourth-order valence-corrected chi connectivity index (χ4v) is 3.75. The van der Waals surface area contributed by atoms with Gasteiger partial charge in [-0.3, -0.25) is 9.48 Å². The molecule has 0 atom stereocenters. The molecular formula is C22H27N9O. The number of rotatable bonds is 6. The number of amidine groups is 1. The molecule has 32 heavy (non-hydrogen) atoms. The largest absolute Gasteiger partial charge is 0.357 e. The predicted molar refractivity (Wildman–Crippen MR) is 125 cm³/mol. The number of aliphatic imine (C=N–C) groups is 1. The van der Waals surface area contributed by atoms with Crippen LogP contribution in [0.3, 0.4) is 0 Å². The number of carbonyl (C=O) groups is 1. The third-order valence-electron chi connectivity index (χ3n) is 5.58. The van der Waals surface area contributed by atoms with E-state index in [9.17, 15) is 4.79 Å². The molecule has 0 spiro atoms. The Bertz CT molecular complexity index is 1230. The Morgan fingerprint density at radius 1 is 1.12 bits per heavy atom. The molecule has 0 saturated heterocycles. The van der Waals surface area contributed by atoms with Gasteiger partial charge in [0.1, 0.15) is 17.2 Å². The quantitative estimate of drug-likeness (QED) is 0.601. The topological polar surface area (TPSA) is 106 Å². The molecule has 0 bridgehead atoms. The van der Waals surface area contributed by atoms with Crippen LogP contribution in [0, 0.1) is 20.8 Å². The van der Waals surface area contributed by atoms with Gasteiger partial charge in [0, 0.05) is 25.8 Å². The van der Waals surface area contributed by atoms with E-state index >= 15 is 0 Å². The molecule has 1 aliphatic heterocycles. The van der Waals surface area contributed by atoms with Gasteiger partial charge in [-0.15, -0.1) is 5.10 Å². The van der Waals surface area contributed by atoms with Crippen LogP contribution in [-0.2, 0) is 11.8 Å². The first kappa shape index (κ1) is 21.4. The smallest absolute Gasteiger partial charge is 0.212 e. The Kier molecular flexibility index (Phi) is 5.60. The average molecular weight is 434 g/mol. The van der Waals surface area contributed by atoms with E-state index < -0.39 is 0 Å². The Balaban J connectivity index is 1.81. The molecule has 10 heteroatoms. The second-order valence-corrected chi connectivity index (χ2v) is 7.59. The van der Waals surface area contributed by atoms with Crippen LogP contribution in [0.5, 0.6) is 0 Å². The zero-order valence-corrected chi connectivity index (χ0v) is 19.2. The molecule has 166 valence electrons. The highest BCUT2D eigenvalue weighted by molar-refractivity contribution is 6.49. The van der Waals surface area contributed by atoms with Crippen molar-refractivity contribution in [3.8, 4) is 11.4 Å². The van der Waals surface area contributed by atoms with E-state index in [4.69, 9.17) is 15.0 Å². The molecule has 0 saturated carbocycles. The molecule has 3 aromatic heterocycles. The summed E-state index contributed by atoms with van der Waals surface area (Å²) in [5.41, 5.74) is 5.30. The van der Waals surface area contributed by atoms with Crippen LogP contribution in [0.25, 0.3) is 11.4 Å². The number of fused-ring (bicyclic) bond motifs is 1. The molecular weight excluding hydrogens is 406 g/mol. The number of hydrogen-bond donors (Lipinski definition) is 1. The standard InChI is InChI=1S/C22H27N9O/c1-7-30(8-2)18-10-9-16(14(4)24-18)26-19-21(23-12-32)28-31-20(15(5)25-22(19)31)17-11-13(3)29(6)27-17/h9-12H,7-8H2,1-6H3,(H,23,28,32). The number of aromatic nitrogens is 5. The van der Waals surface area contributed by atoms with Gasteiger partial charge in [0.05, 0.1) is 17.1 Å². The zero-order chi connectivity index (χ0) is 23.0. The number of imidazole rings is 1. The number of carbonyl (C=O) groups excluding carboxylic acids is 1. The van der Waals surface area contributed by atoms with Crippen molar-refractivity contribution in [2.75, 3.05) is 18.0 Å². The molecule has 1 N–H and O–H groups in total. The lowest BCUT2D eigenvalue weighted by Crippen LogP contribution is -2.28. The van der Waals surface area contributed by atoms with Gasteiger partial charge in [-0.1, -0.05) is 0 Å². The van der Waals surface area contributed by atoms with E-state index in [0.29, 0.717) is 29.5 Å². The third-order valence-corrected chi connectivity index (χ3v) is 5.58. The van der Waals surface area contributed by atoms with E-state index in [2.05, 4.69) is 34.3 Å². The van der Waals surface area contributed by atoms with Crippen molar-refractivity contribution in [1.29, 1.82) is 0 Å². The maximum absolute atomic E-state index is 11.2. The summed E-state index contributed by atoms with van der Waals surface area (Å²) in [6.07, 6.45) is 0.590. The van der Waals surface area contributed by atoms with Crippen molar-refractivity contribution >= 4 is 29.5 Å². The number of nitrogens with one attached hydrogen (secondary N) is 1. The molecule has 0 radical (unpaired) electrons. The number of amides is 1. The maximum atomic E-state index is 11.2. The number of hydrogen-bond acceptors (Lipinski definition) is 7. The third kappa shape index (κ3) is 3.57. The van der Waals surface area contributed by atoms with Crippen LogP contribution in [0.15, 0.2) is 28.3 Å². The number of anilines is 1. The molecule has 3 aromatic rings. The number of nitrogens with zero attached hydrogens (tertiary/aromatic N) is 8. The van der Waals surface area contributed by atoms with E-state index in [1.165, 1.54) is 0 Å². The van der Waals surface area contributed by atoms with Gasteiger partial charge < -0.3 is 10.2 Å². The lowest BCUT2D eigenvalue weighted by atomic mass is 10.2. The summed E-state index contributed by atoms with van der Waals surface area (Å²) >= 11 is 0. The summed E-state index contributed by atoms with van der Waals surface area (Å²) in [5, 5.41) is 11.8. The Morgan fingerprint density at radius 2 is 1.88 bits per heavy atom. The SMILES string of the molecule is CCN(CC)c1ccc(N=C2C(NC=O)=Nn3c2nc(C)c3-c2cc(C)n(C)n2)c(C)n1. The van der Waals surface area contributed by atoms with Gasteiger partial charge in [0.15, 0.2) is 17.4 Å². The molecule has 0 aliphatic carbocycles. The number of pyridine rings is 1. The predicted octanol–water partition coefficient (Wildman–Crippen LogP) is 2.49. The lowest BCUT2D eigenvalue weighted by Gasteiger charge is -2.20. The van der Waals surface area contributed by atoms with Crippen LogP contribution in [-0.4, -0.2) is 55.5 Å². The molecule has 4 heterocycles. The van der Waals surface area contributed by atoms with E-state index in [1.54, 1.807) is 9.36 Å². The van der Waals surface area contributed by atoms with Crippen LogP contribution in [0.4, 0.5) is 11.5 Å². The Morgan fingerprint density at radius 3 is 2.47 bits per heavy atom. The first-order valence-corrected chi connectivity index (χ1v) is 10.6. The van der Waals surface area contributed by atoms with E-state index in [-0.39, 0.29) is 0 Å². The second kappa shape index (κ2) is 8.37. The molecule has 0 aromatic carbocycles. The van der Waals surface area contributed by atoms with Gasteiger partial charge in [-0.25, -0.2) is 19.6 Å². The van der Waals surface area contributed by atoms with Crippen molar-refractivity contribution in [2.45, 2.75) is 34.6 Å². The van der Waals surface area contributed by atoms with E-state index in [0.717, 1.165) is 47.4 Å². The van der Waals surface area contributed by atoms with Crippen molar-refractivity contribution in [3.63, 3.8) is 0 Å². The first-order valence-electron chi connectivity index (χ1n) is 10.6. The summed E-state index contributed by atoms with van der Waals surface area (Å²) in [6, 6.07) is 5.87. The molecule has 10 nitrogen and oxygen atoms in total. The minimum Gasteiger partial charge on any atom is -0.357 e. The highest BCUT2D eigenvalue weighted by Gasteiger charge is 2.30. The fourth-order valence-electron chi connectivity index (χ4n) is 3.75. The van der Waals surface area contributed by atoms with Gasteiger partial charge in [0.2, 0.25) is 6.41 Å². The molecule has 1 aliphatic rings. The zero-order valence-electron chi connectivity index (χ0n) is 19.2. The number of aryl methyl sites for hydroxylation is 4. The summed E-state index contributed by atoms with van der Waals surface area (Å²) in [7, 11) is 1.89. The molecule has 4 rings (SSSR count). The van der Waals surface area contributed by atoms with Gasteiger partial charge >= 0.3 is 0 Å². The summed E-state index contributed by atoms with van der Waals surface area (Å²) in [5.74, 6) is 1.80. The molecule has 1 amide bonds. The monoisotopic (exact) mass is 433 g/mol. The molecule has 0 fully saturated rings. The second-order valence-electron chi connectivity index (χ2n) is 7.59. The van der Waals surface area contributed by atoms with Crippen LogP contribution < -0.4 is 10.2 Å². The van der Waals surface area contributed by atoms with Crippen molar-refractivity contribution in [2.24, 2.45) is 17.1 Å².